The minimum Gasteiger partial charge on any atom is -0.409 e. The highest BCUT2D eigenvalue weighted by Gasteiger charge is 2.24. The highest BCUT2D eigenvalue weighted by molar-refractivity contribution is 6.34. The average molecular weight is 254 g/mol. The molecule has 1 atom stereocenters. The highest BCUT2D eigenvalue weighted by Crippen LogP contribution is 2.32. The molecule has 0 radical (unpaired) electrons. The van der Waals surface area contributed by atoms with E-state index in [4.69, 9.17) is 22.5 Å². The molecule has 1 unspecified atom stereocenters. The van der Waals surface area contributed by atoms with Crippen molar-refractivity contribution in [2.45, 2.75) is 25.8 Å². The number of benzene rings is 1. The van der Waals surface area contributed by atoms with Crippen LogP contribution in [0.3, 0.4) is 0 Å². The fraction of sp³-hybridized carbons (Fsp3) is 0.417. The van der Waals surface area contributed by atoms with Crippen LogP contribution in [0.4, 0.5) is 5.69 Å². The van der Waals surface area contributed by atoms with Gasteiger partial charge < -0.3 is 15.8 Å². The Labute approximate surface area is 106 Å². The third kappa shape index (κ3) is 2.17. The van der Waals surface area contributed by atoms with E-state index in [2.05, 4.69) is 17.0 Å². The van der Waals surface area contributed by atoms with Crippen LogP contribution in [0.25, 0.3) is 0 Å². The summed E-state index contributed by atoms with van der Waals surface area (Å²) in [5.74, 6) is 0.0599. The summed E-state index contributed by atoms with van der Waals surface area (Å²) >= 11 is 6.13. The molecule has 4 nitrogen and oxygen atoms in total. The van der Waals surface area contributed by atoms with Crippen LogP contribution < -0.4 is 10.6 Å². The molecule has 1 aromatic rings. The molecule has 92 valence electrons. The lowest BCUT2D eigenvalue weighted by Crippen LogP contribution is -2.29. The Morgan fingerprint density at radius 2 is 2.35 bits per heavy atom. The number of rotatable bonds is 2. The fourth-order valence-corrected chi connectivity index (χ4v) is 2.61. The van der Waals surface area contributed by atoms with Gasteiger partial charge in [-0.15, -0.1) is 0 Å². The molecule has 1 saturated heterocycles. The highest BCUT2D eigenvalue weighted by atomic mass is 35.5. The SMILES string of the molecule is CC1CCCN1c1cccc(Cl)c1C(N)=NO. The predicted octanol–water partition coefficient (Wildman–Crippen LogP) is 2.42. The molecule has 3 N–H and O–H groups in total. The molecule has 1 heterocycles. The summed E-state index contributed by atoms with van der Waals surface area (Å²) in [6.45, 7) is 3.15. The molecule has 0 saturated carbocycles. The van der Waals surface area contributed by atoms with Gasteiger partial charge in [-0.05, 0) is 31.9 Å². The van der Waals surface area contributed by atoms with Crippen LogP contribution >= 0.6 is 11.6 Å². The van der Waals surface area contributed by atoms with E-state index < -0.39 is 0 Å². The van der Waals surface area contributed by atoms with Crippen LogP contribution in [-0.4, -0.2) is 23.6 Å². The van der Waals surface area contributed by atoms with Gasteiger partial charge >= 0.3 is 0 Å². The molecule has 1 fully saturated rings. The minimum atomic E-state index is 0.0599. The first-order valence-corrected chi connectivity index (χ1v) is 6.06. The molecule has 0 amide bonds. The number of nitrogens with zero attached hydrogens (tertiary/aromatic N) is 2. The Bertz CT molecular complexity index is 447. The Hall–Kier alpha value is -1.42. The van der Waals surface area contributed by atoms with E-state index in [0.717, 1.165) is 25.1 Å². The van der Waals surface area contributed by atoms with Gasteiger partial charge in [0.25, 0.3) is 0 Å². The zero-order chi connectivity index (χ0) is 12.4. The van der Waals surface area contributed by atoms with Crippen molar-refractivity contribution in [2.75, 3.05) is 11.4 Å². The molecule has 0 spiro atoms. The van der Waals surface area contributed by atoms with E-state index >= 15 is 0 Å². The van der Waals surface area contributed by atoms with Crippen LogP contribution in [0.15, 0.2) is 23.4 Å². The summed E-state index contributed by atoms with van der Waals surface area (Å²) in [5.41, 5.74) is 7.26. The maximum Gasteiger partial charge on any atom is 0.173 e. The minimum absolute atomic E-state index is 0.0599. The monoisotopic (exact) mass is 253 g/mol. The van der Waals surface area contributed by atoms with Gasteiger partial charge in [0.1, 0.15) is 0 Å². The van der Waals surface area contributed by atoms with E-state index in [0.29, 0.717) is 16.6 Å². The van der Waals surface area contributed by atoms with Gasteiger partial charge in [-0.3, -0.25) is 0 Å². The Morgan fingerprint density at radius 3 is 2.94 bits per heavy atom. The summed E-state index contributed by atoms with van der Waals surface area (Å²) in [6, 6.07) is 6.05. The molecule has 17 heavy (non-hydrogen) atoms. The second kappa shape index (κ2) is 4.84. The lowest BCUT2D eigenvalue weighted by Gasteiger charge is -2.26. The lowest BCUT2D eigenvalue weighted by molar-refractivity contribution is 0.318. The second-order valence-electron chi connectivity index (χ2n) is 4.30. The van der Waals surface area contributed by atoms with Crippen molar-refractivity contribution < 1.29 is 5.21 Å². The van der Waals surface area contributed by atoms with Gasteiger partial charge in [-0.2, -0.15) is 0 Å². The fourth-order valence-electron chi connectivity index (χ4n) is 2.35. The van der Waals surface area contributed by atoms with Gasteiger partial charge in [0, 0.05) is 18.3 Å². The molecule has 0 aromatic heterocycles. The number of hydrogen-bond acceptors (Lipinski definition) is 3. The molecule has 2 rings (SSSR count). The molecular weight excluding hydrogens is 238 g/mol. The van der Waals surface area contributed by atoms with Crippen molar-refractivity contribution in [2.24, 2.45) is 10.9 Å². The van der Waals surface area contributed by atoms with Crippen LogP contribution in [0, 0.1) is 0 Å². The van der Waals surface area contributed by atoms with Crippen molar-refractivity contribution >= 4 is 23.1 Å². The molecular formula is C12H16ClN3O. The first kappa shape index (κ1) is 12.0. The van der Waals surface area contributed by atoms with Gasteiger partial charge in [0.2, 0.25) is 0 Å². The summed E-state index contributed by atoms with van der Waals surface area (Å²) in [4.78, 5) is 2.25. The summed E-state index contributed by atoms with van der Waals surface area (Å²) < 4.78 is 0. The smallest absolute Gasteiger partial charge is 0.173 e. The van der Waals surface area contributed by atoms with Crippen LogP contribution in [0.5, 0.6) is 0 Å². The maximum atomic E-state index is 8.83. The predicted molar refractivity (Wildman–Crippen MR) is 70.0 cm³/mol. The van der Waals surface area contributed by atoms with Crippen molar-refractivity contribution in [1.82, 2.24) is 0 Å². The van der Waals surface area contributed by atoms with Crippen LogP contribution in [-0.2, 0) is 0 Å². The number of amidine groups is 1. The van der Waals surface area contributed by atoms with E-state index in [9.17, 15) is 0 Å². The van der Waals surface area contributed by atoms with Crippen LogP contribution in [0.1, 0.15) is 25.3 Å². The van der Waals surface area contributed by atoms with Crippen LogP contribution in [0.2, 0.25) is 5.02 Å². The Morgan fingerprint density at radius 1 is 1.59 bits per heavy atom. The molecule has 1 aliphatic rings. The lowest BCUT2D eigenvalue weighted by atomic mass is 10.1. The van der Waals surface area contributed by atoms with E-state index in [1.54, 1.807) is 6.07 Å². The summed E-state index contributed by atoms with van der Waals surface area (Å²) in [5, 5.41) is 12.4. The quantitative estimate of drug-likeness (QED) is 0.368. The van der Waals surface area contributed by atoms with Gasteiger partial charge in [0.05, 0.1) is 10.6 Å². The maximum absolute atomic E-state index is 8.83. The number of anilines is 1. The molecule has 1 aromatic carbocycles. The zero-order valence-electron chi connectivity index (χ0n) is 9.73. The van der Waals surface area contributed by atoms with E-state index in [-0.39, 0.29) is 5.84 Å². The van der Waals surface area contributed by atoms with Crippen molar-refractivity contribution in [3.05, 3.63) is 28.8 Å². The summed E-state index contributed by atoms with van der Waals surface area (Å²) in [6.07, 6.45) is 2.31. The van der Waals surface area contributed by atoms with Gasteiger partial charge in [-0.1, -0.05) is 22.8 Å². The largest absolute Gasteiger partial charge is 0.409 e. The van der Waals surface area contributed by atoms with Gasteiger partial charge in [0.15, 0.2) is 5.84 Å². The molecule has 5 heteroatoms. The number of hydrogen-bond donors (Lipinski definition) is 2. The third-order valence-corrected chi connectivity index (χ3v) is 3.53. The standard InChI is InChI=1S/C12H16ClN3O/c1-8-4-3-7-16(8)10-6-2-5-9(13)11(10)12(14)15-17/h2,5-6,8,17H,3-4,7H2,1H3,(H2,14,15). The third-order valence-electron chi connectivity index (χ3n) is 3.22. The number of nitrogens with two attached hydrogens (primary N) is 1. The second-order valence-corrected chi connectivity index (χ2v) is 4.71. The van der Waals surface area contributed by atoms with Gasteiger partial charge in [-0.25, -0.2) is 0 Å². The number of oxime groups is 1. The Kier molecular flexibility index (Phi) is 3.43. The molecule has 0 aliphatic carbocycles. The van der Waals surface area contributed by atoms with E-state index in [1.165, 1.54) is 0 Å². The van der Waals surface area contributed by atoms with Crippen molar-refractivity contribution in [1.29, 1.82) is 0 Å². The zero-order valence-corrected chi connectivity index (χ0v) is 10.5. The first-order chi connectivity index (χ1) is 8.15. The Balaban J connectivity index is 2.50. The first-order valence-electron chi connectivity index (χ1n) is 5.68. The topological polar surface area (TPSA) is 61.8 Å². The van der Waals surface area contributed by atoms with Crippen molar-refractivity contribution in [3.8, 4) is 0 Å². The van der Waals surface area contributed by atoms with Crippen molar-refractivity contribution in [3.63, 3.8) is 0 Å². The molecule has 1 aliphatic heterocycles. The average Bonchev–Trinajstić information content (AvgIpc) is 2.74. The van der Waals surface area contributed by atoms with E-state index in [1.807, 2.05) is 12.1 Å². The summed E-state index contributed by atoms with van der Waals surface area (Å²) in [7, 11) is 0. The molecule has 0 bridgehead atoms. The normalized spacial score (nSPS) is 20.9. The number of halogens is 1.